The molecular formula is C14H24ClN5O. The topological polar surface area (TPSA) is 63.2 Å². The van der Waals surface area contributed by atoms with Gasteiger partial charge in [-0.15, -0.1) is 0 Å². The molecule has 6 nitrogen and oxygen atoms in total. The second-order valence-electron chi connectivity index (χ2n) is 5.72. The first-order valence-corrected chi connectivity index (χ1v) is 7.94. The van der Waals surface area contributed by atoms with Crippen molar-refractivity contribution in [2.75, 3.05) is 25.5 Å². The number of hydrogen-bond donors (Lipinski definition) is 1. The molecule has 1 aliphatic carbocycles. The Labute approximate surface area is 131 Å². The zero-order valence-electron chi connectivity index (χ0n) is 13.0. The van der Waals surface area contributed by atoms with Crippen molar-refractivity contribution in [2.24, 2.45) is 0 Å². The van der Waals surface area contributed by atoms with E-state index in [1.807, 2.05) is 13.8 Å². The Morgan fingerprint density at radius 2 is 2.00 bits per heavy atom. The summed E-state index contributed by atoms with van der Waals surface area (Å²) in [6.45, 7) is 5.56. The normalized spacial score (nSPS) is 15.9. The third kappa shape index (κ3) is 5.28. The molecule has 118 valence electrons. The van der Waals surface area contributed by atoms with E-state index in [2.05, 4.69) is 32.2 Å². The highest BCUT2D eigenvalue weighted by molar-refractivity contribution is 6.28. The molecule has 1 aromatic rings. The van der Waals surface area contributed by atoms with Crippen LogP contribution in [0.3, 0.4) is 0 Å². The molecule has 21 heavy (non-hydrogen) atoms. The van der Waals surface area contributed by atoms with Crippen LogP contribution in [-0.2, 0) is 0 Å². The minimum absolute atomic E-state index is 0.00446. The minimum atomic E-state index is 0.00446. The molecule has 0 amide bonds. The molecule has 1 aliphatic rings. The van der Waals surface area contributed by atoms with Crippen molar-refractivity contribution in [2.45, 2.75) is 51.7 Å². The van der Waals surface area contributed by atoms with Crippen molar-refractivity contribution in [1.29, 1.82) is 0 Å². The lowest BCUT2D eigenvalue weighted by molar-refractivity contribution is 0.221. The third-order valence-corrected chi connectivity index (χ3v) is 3.79. The Kier molecular flexibility index (Phi) is 5.99. The summed E-state index contributed by atoms with van der Waals surface area (Å²) in [5.41, 5.74) is 0. The summed E-state index contributed by atoms with van der Waals surface area (Å²) in [6, 6.07) is 0.977. The van der Waals surface area contributed by atoms with Crippen molar-refractivity contribution < 1.29 is 4.74 Å². The van der Waals surface area contributed by atoms with E-state index in [0.29, 0.717) is 12.0 Å². The van der Waals surface area contributed by atoms with Crippen LogP contribution in [-0.4, -0.2) is 52.1 Å². The summed E-state index contributed by atoms with van der Waals surface area (Å²) in [6.07, 6.45) is 5.31. The molecule has 0 aromatic carbocycles. The maximum atomic E-state index is 5.89. The fourth-order valence-corrected chi connectivity index (χ4v) is 2.70. The molecular weight excluding hydrogens is 290 g/mol. The fraction of sp³-hybridized carbons (Fsp3) is 0.786. The van der Waals surface area contributed by atoms with Crippen molar-refractivity contribution in [3.05, 3.63) is 5.28 Å². The molecule has 1 aromatic heterocycles. The van der Waals surface area contributed by atoms with Gasteiger partial charge in [-0.1, -0.05) is 12.8 Å². The number of ether oxygens (including phenoxy) is 1. The molecule has 0 bridgehead atoms. The fourth-order valence-electron chi connectivity index (χ4n) is 2.55. The van der Waals surface area contributed by atoms with Gasteiger partial charge in [0.05, 0.1) is 6.10 Å². The Morgan fingerprint density at radius 1 is 1.29 bits per heavy atom. The number of hydrogen-bond acceptors (Lipinski definition) is 6. The molecule has 1 saturated carbocycles. The lowest BCUT2D eigenvalue weighted by Gasteiger charge is -2.23. The van der Waals surface area contributed by atoms with Gasteiger partial charge in [-0.05, 0) is 45.3 Å². The van der Waals surface area contributed by atoms with Crippen molar-refractivity contribution in [3.63, 3.8) is 0 Å². The third-order valence-electron chi connectivity index (χ3n) is 3.62. The van der Waals surface area contributed by atoms with Gasteiger partial charge in [0.2, 0.25) is 11.2 Å². The minimum Gasteiger partial charge on any atom is -0.461 e. The van der Waals surface area contributed by atoms with E-state index in [1.165, 1.54) is 25.7 Å². The number of nitrogens with one attached hydrogen (secondary N) is 1. The van der Waals surface area contributed by atoms with Gasteiger partial charge in [0, 0.05) is 19.1 Å². The second kappa shape index (κ2) is 7.75. The molecule has 0 atom stereocenters. The summed E-state index contributed by atoms with van der Waals surface area (Å²) in [4.78, 5) is 14.6. The van der Waals surface area contributed by atoms with Crippen LogP contribution >= 0.6 is 11.6 Å². The molecule has 0 saturated heterocycles. The average molecular weight is 314 g/mol. The van der Waals surface area contributed by atoms with E-state index in [0.717, 1.165) is 13.1 Å². The molecule has 2 rings (SSSR count). The van der Waals surface area contributed by atoms with E-state index < -0.39 is 0 Å². The molecule has 1 N–H and O–H groups in total. The van der Waals surface area contributed by atoms with Crippen molar-refractivity contribution in [1.82, 2.24) is 19.9 Å². The highest BCUT2D eigenvalue weighted by Crippen LogP contribution is 2.22. The molecule has 0 aliphatic heterocycles. The highest BCUT2D eigenvalue weighted by atomic mass is 35.5. The molecule has 0 unspecified atom stereocenters. The monoisotopic (exact) mass is 313 g/mol. The Balaban J connectivity index is 1.83. The smallest absolute Gasteiger partial charge is 0.322 e. The summed E-state index contributed by atoms with van der Waals surface area (Å²) in [7, 11) is 2.17. The van der Waals surface area contributed by atoms with Gasteiger partial charge in [0.1, 0.15) is 0 Å². The standard InChI is InChI=1S/C14H24ClN5O/c1-10(2)21-14-18-12(15)17-13(19-14)16-8-9-20(3)11-6-4-5-7-11/h10-11H,4-9H2,1-3H3,(H,16,17,18,19). The quantitative estimate of drug-likeness (QED) is 0.835. The van der Waals surface area contributed by atoms with E-state index in [9.17, 15) is 0 Å². The molecule has 0 spiro atoms. The first-order valence-electron chi connectivity index (χ1n) is 7.57. The van der Waals surface area contributed by atoms with E-state index in [1.54, 1.807) is 0 Å². The Hall–Kier alpha value is -1.14. The number of aromatic nitrogens is 3. The van der Waals surface area contributed by atoms with Gasteiger partial charge in [-0.2, -0.15) is 15.0 Å². The van der Waals surface area contributed by atoms with Crippen LogP contribution in [0, 0.1) is 0 Å². The summed E-state index contributed by atoms with van der Waals surface area (Å²) in [5.74, 6) is 0.463. The first kappa shape index (κ1) is 16.2. The van der Waals surface area contributed by atoms with Crippen LogP contribution in [0.25, 0.3) is 0 Å². The van der Waals surface area contributed by atoms with E-state index >= 15 is 0 Å². The van der Waals surface area contributed by atoms with Gasteiger partial charge in [-0.25, -0.2) is 0 Å². The van der Waals surface area contributed by atoms with Crippen LogP contribution in [0.5, 0.6) is 6.01 Å². The highest BCUT2D eigenvalue weighted by Gasteiger charge is 2.18. The number of nitrogens with zero attached hydrogens (tertiary/aromatic N) is 4. The lowest BCUT2D eigenvalue weighted by atomic mass is 10.2. The zero-order chi connectivity index (χ0) is 15.2. The maximum Gasteiger partial charge on any atom is 0.322 e. The predicted molar refractivity (Wildman–Crippen MR) is 84.0 cm³/mol. The summed E-state index contributed by atoms with van der Waals surface area (Å²) < 4.78 is 5.45. The molecule has 7 heteroatoms. The predicted octanol–water partition coefficient (Wildman–Crippen LogP) is 2.60. The molecule has 1 fully saturated rings. The SMILES string of the molecule is CC(C)Oc1nc(Cl)nc(NCCN(C)C2CCCC2)n1. The Morgan fingerprint density at radius 3 is 2.67 bits per heavy atom. The van der Waals surface area contributed by atoms with E-state index in [-0.39, 0.29) is 17.4 Å². The molecule has 0 radical (unpaired) electrons. The number of rotatable bonds is 7. The zero-order valence-corrected chi connectivity index (χ0v) is 13.7. The van der Waals surface area contributed by atoms with Crippen LogP contribution < -0.4 is 10.1 Å². The van der Waals surface area contributed by atoms with Gasteiger partial charge in [0.15, 0.2) is 0 Å². The molecule has 1 heterocycles. The second-order valence-corrected chi connectivity index (χ2v) is 6.06. The van der Waals surface area contributed by atoms with Gasteiger partial charge in [0.25, 0.3) is 0 Å². The Bertz CT molecular complexity index is 451. The largest absolute Gasteiger partial charge is 0.461 e. The van der Waals surface area contributed by atoms with Crippen LogP contribution in [0.1, 0.15) is 39.5 Å². The average Bonchev–Trinajstić information content (AvgIpc) is 2.90. The van der Waals surface area contributed by atoms with Crippen molar-refractivity contribution >= 4 is 17.5 Å². The number of halogens is 1. The van der Waals surface area contributed by atoms with Crippen LogP contribution in [0.2, 0.25) is 5.28 Å². The maximum absolute atomic E-state index is 5.89. The van der Waals surface area contributed by atoms with Gasteiger partial charge < -0.3 is 15.0 Å². The lowest BCUT2D eigenvalue weighted by Crippen LogP contribution is -2.33. The number of likely N-dealkylation sites (N-methyl/N-ethyl adjacent to an activating group) is 1. The summed E-state index contributed by atoms with van der Waals surface area (Å²) in [5, 5.41) is 3.33. The summed E-state index contributed by atoms with van der Waals surface area (Å²) >= 11 is 5.89. The van der Waals surface area contributed by atoms with E-state index in [4.69, 9.17) is 16.3 Å². The van der Waals surface area contributed by atoms with Crippen LogP contribution in [0.4, 0.5) is 5.95 Å². The van der Waals surface area contributed by atoms with Gasteiger partial charge >= 0.3 is 6.01 Å². The first-order chi connectivity index (χ1) is 10.0. The van der Waals surface area contributed by atoms with Gasteiger partial charge in [-0.3, -0.25) is 0 Å². The van der Waals surface area contributed by atoms with Crippen LogP contribution in [0.15, 0.2) is 0 Å². The number of anilines is 1. The van der Waals surface area contributed by atoms with Crippen molar-refractivity contribution in [3.8, 4) is 6.01 Å².